The van der Waals surface area contributed by atoms with Crippen LogP contribution < -0.4 is 11.1 Å². The number of carbonyl (C=O) groups excluding carboxylic acids is 2. The molecule has 6 heteroatoms. The van der Waals surface area contributed by atoms with Crippen LogP contribution in [0.1, 0.15) is 5.56 Å². The number of carbonyl (C=O) groups is 2. The molecule has 1 aliphatic rings. The molecule has 0 spiro atoms. The molecule has 2 amide bonds. The van der Waals surface area contributed by atoms with Gasteiger partial charge in [-0.1, -0.05) is 6.07 Å². The topological polar surface area (TPSA) is 75.4 Å². The number of nitrogens with one attached hydrogen (secondary N) is 1. The van der Waals surface area contributed by atoms with Crippen molar-refractivity contribution in [2.24, 2.45) is 5.73 Å². The highest BCUT2D eigenvalue weighted by Gasteiger charge is 2.16. The Kier molecular flexibility index (Phi) is 3.88. The van der Waals surface area contributed by atoms with E-state index < -0.39 is 0 Å². The third-order valence-corrected chi connectivity index (χ3v) is 3.77. The highest BCUT2D eigenvalue weighted by Crippen LogP contribution is 2.32. The van der Waals surface area contributed by atoms with Crippen molar-refractivity contribution in [1.82, 2.24) is 4.90 Å². The van der Waals surface area contributed by atoms with Gasteiger partial charge in [0.2, 0.25) is 11.8 Å². The molecular weight excluding hydrogens is 250 g/mol. The fraction of sp³-hybridized carbons (Fsp3) is 0.333. The van der Waals surface area contributed by atoms with Crippen LogP contribution in [-0.4, -0.2) is 36.1 Å². The van der Waals surface area contributed by atoms with Crippen molar-refractivity contribution in [3.63, 3.8) is 0 Å². The first-order chi connectivity index (χ1) is 8.60. The van der Waals surface area contributed by atoms with E-state index in [0.717, 1.165) is 16.1 Å². The third-order valence-electron chi connectivity index (χ3n) is 2.70. The number of fused-ring (bicyclic) bond motifs is 1. The fourth-order valence-electron chi connectivity index (χ4n) is 1.75. The maximum atomic E-state index is 11.4. The molecule has 1 aromatic rings. The van der Waals surface area contributed by atoms with E-state index >= 15 is 0 Å². The summed E-state index contributed by atoms with van der Waals surface area (Å²) in [4.78, 5) is 25.3. The second kappa shape index (κ2) is 5.41. The first-order valence-corrected chi connectivity index (χ1v) is 6.58. The molecule has 0 radical (unpaired) electrons. The molecule has 0 aliphatic carbocycles. The molecule has 18 heavy (non-hydrogen) atoms. The van der Waals surface area contributed by atoms with Crippen molar-refractivity contribution in [1.29, 1.82) is 0 Å². The van der Waals surface area contributed by atoms with Crippen molar-refractivity contribution < 1.29 is 9.59 Å². The lowest BCUT2D eigenvalue weighted by Gasteiger charge is -2.20. The minimum Gasteiger partial charge on any atom is -0.340 e. The average molecular weight is 265 g/mol. The minimum atomic E-state index is -0.105. The van der Waals surface area contributed by atoms with Crippen LogP contribution in [0.2, 0.25) is 0 Å². The Morgan fingerprint density at radius 2 is 2.33 bits per heavy atom. The Morgan fingerprint density at radius 3 is 3.06 bits per heavy atom. The van der Waals surface area contributed by atoms with Crippen LogP contribution in [0.25, 0.3) is 0 Å². The van der Waals surface area contributed by atoms with Gasteiger partial charge in [0.1, 0.15) is 0 Å². The maximum Gasteiger partial charge on any atom is 0.236 e. The summed E-state index contributed by atoms with van der Waals surface area (Å²) < 4.78 is 0. The fourth-order valence-corrected chi connectivity index (χ4v) is 2.53. The smallest absolute Gasteiger partial charge is 0.236 e. The highest BCUT2D eigenvalue weighted by atomic mass is 32.2. The van der Waals surface area contributed by atoms with Gasteiger partial charge in [0.25, 0.3) is 0 Å². The first kappa shape index (κ1) is 12.9. The quantitative estimate of drug-likeness (QED) is 0.841. The number of likely N-dealkylation sites (N-methyl/N-ethyl adjacent to an activating group) is 1. The molecule has 0 saturated carbocycles. The van der Waals surface area contributed by atoms with Crippen molar-refractivity contribution in [3.8, 4) is 0 Å². The van der Waals surface area contributed by atoms with E-state index in [4.69, 9.17) is 5.73 Å². The van der Waals surface area contributed by atoms with Gasteiger partial charge in [0.15, 0.2) is 0 Å². The van der Waals surface area contributed by atoms with Gasteiger partial charge < -0.3 is 16.0 Å². The normalized spacial score (nSPS) is 13.8. The van der Waals surface area contributed by atoms with Crippen LogP contribution in [0.5, 0.6) is 0 Å². The lowest BCUT2D eigenvalue weighted by atomic mass is 10.2. The van der Waals surface area contributed by atoms with Crippen LogP contribution in [-0.2, 0) is 16.1 Å². The van der Waals surface area contributed by atoms with E-state index in [9.17, 15) is 9.59 Å². The summed E-state index contributed by atoms with van der Waals surface area (Å²) in [7, 11) is 1.71. The number of rotatable bonds is 3. The monoisotopic (exact) mass is 265 g/mol. The summed E-state index contributed by atoms with van der Waals surface area (Å²) >= 11 is 1.52. The molecule has 0 saturated heterocycles. The van der Waals surface area contributed by atoms with E-state index in [-0.39, 0.29) is 18.4 Å². The molecule has 0 bridgehead atoms. The van der Waals surface area contributed by atoms with Crippen LogP contribution in [0.3, 0.4) is 0 Å². The number of anilines is 1. The molecule has 2 rings (SSSR count). The van der Waals surface area contributed by atoms with E-state index in [1.807, 2.05) is 18.2 Å². The molecule has 0 aromatic heterocycles. The zero-order valence-electron chi connectivity index (χ0n) is 10.1. The summed E-state index contributed by atoms with van der Waals surface area (Å²) in [5.74, 6) is 0.361. The van der Waals surface area contributed by atoms with E-state index in [1.54, 1.807) is 11.9 Å². The number of thioether (sulfide) groups is 1. The summed E-state index contributed by atoms with van der Waals surface area (Å²) in [6, 6.07) is 5.83. The molecule has 3 N–H and O–H groups in total. The highest BCUT2D eigenvalue weighted by molar-refractivity contribution is 8.00. The molecule has 5 nitrogen and oxygen atoms in total. The number of nitrogens with two attached hydrogens (primary N) is 1. The molecule has 0 fully saturated rings. The number of benzene rings is 1. The van der Waals surface area contributed by atoms with Crippen LogP contribution in [0.4, 0.5) is 5.69 Å². The Bertz CT molecular complexity index is 490. The Hall–Kier alpha value is -1.53. The van der Waals surface area contributed by atoms with Gasteiger partial charge in [-0.3, -0.25) is 9.59 Å². The summed E-state index contributed by atoms with van der Waals surface area (Å²) in [5.41, 5.74) is 7.10. The van der Waals surface area contributed by atoms with Crippen molar-refractivity contribution in [3.05, 3.63) is 23.8 Å². The van der Waals surface area contributed by atoms with Crippen LogP contribution in [0.15, 0.2) is 23.1 Å². The standard InChI is InChI=1S/C12H15N3O2S/c1-15(12(17)5-13)6-8-2-3-10-9(4-8)14-11(16)7-18-10/h2-4H,5-7,13H2,1H3,(H,14,16). The van der Waals surface area contributed by atoms with Crippen LogP contribution in [0, 0.1) is 0 Å². The molecule has 1 aromatic carbocycles. The van der Waals surface area contributed by atoms with Gasteiger partial charge >= 0.3 is 0 Å². The van der Waals surface area contributed by atoms with E-state index in [1.165, 1.54) is 11.8 Å². The van der Waals surface area contributed by atoms with Crippen molar-refractivity contribution >= 4 is 29.3 Å². The second-order valence-electron chi connectivity index (χ2n) is 4.12. The molecule has 1 heterocycles. The van der Waals surface area contributed by atoms with Gasteiger partial charge in [0, 0.05) is 18.5 Å². The molecule has 0 unspecified atom stereocenters. The number of nitrogens with zero attached hydrogens (tertiary/aromatic N) is 1. The second-order valence-corrected chi connectivity index (χ2v) is 5.14. The lowest BCUT2D eigenvalue weighted by molar-refractivity contribution is -0.128. The van der Waals surface area contributed by atoms with E-state index in [2.05, 4.69) is 5.32 Å². The molecule has 0 atom stereocenters. The summed E-state index contributed by atoms with van der Waals surface area (Å²) in [6.07, 6.45) is 0. The Balaban J connectivity index is 2.13. The largest absolute Gasteiger partial charge is 0.340 e. The average Bonchev–Trinajstić information content (AvgIpc) is 2.37. The van der Waals surface area contributed by atoms with E-state index in [0.29, 0.717) is 12.3 Å². The van der Waals surface area contributed by atoms with Gasteiger partial charge in [0.05, 0.1) is 18.0 Å². The SMILES string of the molecule is CN(Cc1ccc2c(c1)NC(=O)CS2)C(=O)CN. The third kappa shape index (κ3) is 2.83. The van der Waals surface area contributed by atoms with Gasteiger partial charge in [-0.2, -0.15) is 0 Å². The zero-order valence-corrected chi connectivity index (χ0v) is 10.9. The first-order valence-electron chi connectivity index (χ1n) is 5.60. The maximum absolute atomic E-state index is 11.4. The number of hydrogen-bond donors (Lipinski definition) is 2. The number of hydrogen-bond acceptors (Lipinski definition) is 4. The van der Waals surface area contributed by atoms with Crippen molar-refractivity contribution in [2.45, 2.75) is 11.4 Å². The van der Waals surface area contributed by atoms with Gasteiger partial charge in [-0.25, -0.2) is 0 Å². The zero-order chi connectivity index (χ0) is 13.1. The summed E-state index contributed by atoms with van der Waals surface area (Å²) in [5, 5.41) is 2.83. The lowest BCUT2D eigenvalue weighted by Crippen LogP contribution is -2.32. The summed E-state index contributed by atoms with van der Waals surface area (Å²) in [6.45, 7) is 0.498. The molecule has 1 aliphatic heterocycles. The number of amides is 2. The van der Waals surface area contributed by atoms with Gasteiger partial charge in [-0.05, 0) is 17.7 Å². The van der Waals surface area contributed by atoms with Gasteiger partial charge in [-0.15, -0.1) is 11.8 Å². The molecular formula is C12H15N3O2S. The Morgan fingerprint density at radius 1 is 1.56 bits per heavy atom. The predicted octanol–water partition coefficient (Wildman–Crippen LogP) is 0.648. The predicted molar refractivity (Wildman–Crippen MR) is 71.3 cm³/mol. The van der Waals surface area contributed by atoms with Crippen LogP contribution >= 0.6 is 11.8 Å². The Labute approximate surface area is 110 Å². The minimum absolute atomic E-state index is 0.00796. The van der Waals surface area contributed by atoms with Crippen molar-refractivity contribution in [2.75, 3.05) is 24.7 Å². The molecule has 96 valence electrons.